The molecule has 2 atom stereocenters. The molecule has 1 aliphatic heterocycles. The molecular formula is C14H22N2OS. The highest BCUT2D eigenvalue weighted by molar-refractivity contribution is 7.12. The third-order valence-electron chi connectivity index (χ3n) is 3.35. The van der Waals surface area contributed by atoms with Crippen LogP contribution in [0.4, 0.5) is 0 Å². The average Bonchev–Trinajstić information content (AvgIpc) is 2.83. The number of hydrogen-bond acceptors (Lipinski definition) is 3. The summed E-state index contributed by atoms with van der Waals surface area (Å²) in [6.45, 7) is 9.29. The number of rotatable bonds is 4. The molecule has 1 saturated heterocycles. The molecule has 1 aromatic heterocycles. The molecule has 0 saturated carbocycles. The van der Waals surface area contributed by atoms with E-state index in [0.717, 1.165) is 13.0 Å². The van der Waals surface area contributed by atoms with E-state index in [0.29, 0.717) is 5.92 Å². The Balaban J connectivity index is 2.14. The van der Waals surface area contributed by atoms with E-state index < -0.39 is 0 Å². The van der Waals surface area contributed by atoms with Gasteiger partial charge in [0.05, 0.1) is 6.04 Å². The fraction of sp³-hybridized carbons (Fsp3) is 0.643. The van der Waals surface area contributed by atoms with Gasteiger partial charge < -0.3 is 4.90 Å². The minimum Gasteiger partial charge on any atom is -0.321 e. The number of thiophene rings is 1. The number of nitrogens with zero attached hydrogens (tertiary/aromatic N) is 1. The van der Waals surface area contributed by atoms with Crippen LogP contribution in [0.1, 0.15) is 43.1 Å². The van der Waals surface area contributed by atoms with E-state index in [1.54, 1.807) is 11.3 Å². The van der Waals surface area contributed by atoms with Crippen LogP contribution >= 0.6 is 11.3 Å². The van der Waals surface area contributed by atoms with Crippen molar-refractivity contribution in [3.63, 3.8) is 0 Å². The molecule has 100 valence electrons. The molecule has 4 heteroatoms. The summed E-state index contributed by atoms with van der Waals surface area (Å²) in [4.78, 5) is 16.7. The summed E-state index contributed by atoms with van der Waals surface area (Å²) in [5.41, 5.74) is 0. The monoisotopic (exact) mass is 266 g/mol. The van der Waals surface area contributed by atoms with Crippen LogP contribution in [0, 0.1) is 12.8 Å². The van der Waals surface area contributed by atoms with Crippen molar-refractivity contribution in [2.45, 2.75) is 46.3 Å². The summed E-state index contributed by atoms with van der Waals surface area (Å²) in [7, 11) is 0. The molecule has 0 aliphatic carbocycles. The Hall–Kier alpha value is -0.870. The maximum Gasteiger partial charge on any atom is 0.241 e. The minimum absolute atomic E-state index is 0.0652. The van der Waals surface area contributed by atoms with E-state index >= 15 is 0 Å². The third-order valence-corrected chi connectivity index (χ3v) is 4.40. The molecule has 2 heterocycles. The minimum atomic E-state index is -0.0652. The molecule has 1 fully saturated rings. The van der Waals surface area contributed by atoms with E-state index in [4.69, 9.17) is 0 Å². The van der Waals surface area contributed by atoms with E-state index in [1.807, 2.05) is 11.8 Å². The summed E-state index contributed by atoms with van der Waals surface area (Å²) in [5.74, 6) is 0.853. The predicted octanol–water partition coefficient (Wildman–Crippen LogP) is 2.92. The number of carbonyl (C=O) groups is 1. The van der Waals surface area contributed by atoms with Crippen LogP contribution in [0.3, 0.4) is 0 Å². The van der Waals surface area contributed by atoms with Gasteiger partial charge in [0, 0.05) is 16.3 Å². The van der Waals surface area contributed by atoms with Crippen LogP contribution < -0.4 is 5.32 Å². The van der Waals surface area contributed by atoms with Crippen molar-refractivity contribution in [2.75, 3.05) is 6.54 Å². The summed E-state index contributed by atoms with van der Waals surface area (Å²) in [5, 5.41) is 3.39. The van der Waals surface area contributed by atoms with Crippen LogP contribution in [0.15, 0.2) is 12.1 Å². The van der Waals surface area contributed by atoms with Crippen molar-refractivity contribution in [2.24, 2.45) is 5.92 Å². The Morgan fingerprint density at radius 2 is 2.17 bits per heavy atom. The van der Waals surface area contributed by atoms with Crippen molar-refractivity contribution in [1.82, 2.24) is 10.2 Å². The maximum atomic E-state index is 12.2. The molecule has 3 nitrogen and oxygen atoms in total. The third kappa shape index (κ3) is 2.75. The molecular weight excluding hydrogens is 244 g/mol. The zero-order valence-electron chi connectivity index (χ0n) is 11.6. The van der Waals surface area contributed by atoms with Gasteiger partial charge in [0.1, 0.15) is 6.17 Å². The lowest BCUT2D eigenvalue weighted by atomic mass is 10.1. The molecule has 18 heavy (non-hydrogen) atoms. The molecule has 0 bridgehead atoms. The second-order valence-corrected chi connectivity index (χ2v) is 6.77. The molecule has 0 aromatic carbocycles. The Bertz CT molecular complexity index is 427. The number of amides is 1. The van der Waals surface area contributed by atoms with Gasteiger partial charge in [-0.05, 0) is 38.3 Å². The van der Waals surface area contributed by atoms with Gasteiger partial charge >= 0.3 is 0 Å². The number of aryl methyl sites for hydroxylation is 1. The molecule has 0 radical (unpaired) electrons. The van der Waals surface area contributed by atoms with Gasteiger partial charge in [0.25, 0.3) is 0 Å². The number of nitrogens with one attached hydrogen (secondary N) is 1. The first-order valence-corrected chi connectivity index (χ1v) is 7.43. The van der Waals surface area contributed by atoms with Crippen molar-refractivity contribution in [3.05, 3.63) is 21.9 Å². The van der Waals surface area contributed by atoms with Crippen molar-refractivity contribution in [1.29, 1.82) is 0 Å². The highest BCUT2D eigenvalue weighted by Crippen LogP contribution is 2.30. The van der Waals surface area contributed by atoms with E-state index in [-0.39, 0.29) is 18.1 Å². The quantitative estimate of drug-likeness (QED) is 0.909. The molecule has 0 spiro atoms. The topological polar surface area (TPSA) is 32.3 Å². The van der Waals surface area contributed by atoms with Crippen molar-refractivity contribution in [3.8, 4) is 0 Å². The Kier molecular flexibility index (Phi) is 4.07. The Morgan fingerprint density at radius 1 is 1.44 bits per heavy atom. The smallest absolute Gasteiger partial charge is 0.241 e. The zero-order chi connectivity index (χ0) is 13.3. The first-order chi connectivity index (χ1) is 8.49. The Morgan fingerprint density at radius 3 is 2.72 bits per heavy atom. The summed E-state index contributed by atoms with van der Waals surface area (Å²) >= 11 is 1.77. The summed E-state index contributed by atoms with van der Waals surface area (Å²) < 4.78 is 0. The van der Waals surface area contributed by atoms with Crippen molar-refractivity contribution >= 4 is 17.2 Å². The Labute approximate surface area is 113 Å². The molecule has 1 N–H and O–H groups in total. The van der Waals surface area contributed by atoms with Crippen LogP contribution in [0.2, 0.25) is 0 Å². The molecule has 1 amide bonds. The first kappa shape index (κ1) is 13.6. The highest BCUT2D eigenvalue weighted by Gasteiger charge is 2.37. The normalized spacial score (nSPS) is 24.3. The fourth-order valence-corrected chi connectivity index (χ4v) is 3.20. The van der Waals surface area contributed by atoms with Gasteiger partial charge in [-0.3, -0.25) is 10.1 Å². The molecule has 1 aromatic rings. The second-order valence-electron chi connectivity index (χ2n) is 5.45. The van der Waals surface area contributed by atoms with Gasteiger partial charge in [-0.1, -0.05) is 13.8 Å². The van der Waals surface area contributed by atoms with Crippen molar-refractivity contribution < 1.29 is 4.79 Å². The molecule has 2 unspecified atom stereocenters. The lowest BCUT2D eigenvalue weighted by Gasteiger charge is -2.24. The highest BCUT2D eigenvalue weighted by atomic mass is 32.1. The van der Waals surface area contributed by atoms with Crippen LogP contribution in [-0.4, -0.2) is 23.4 Å². The lowest BCUT2D eigenvalue weighted by molar-refractivity contribution is -0.129. The van der Waals surface area contributed by atoms with Gasteiger partial charge in [0.2, 0.25) is 5.91 Å². The SMILES string of the molecule is Cc1ccc(C2NC(C)C(=O)N2CCC(C)C)s1. The predicted molar refractivity (Wildman–Crippen MR) is 75.6 cm³/mol. The standard InChI is InChI=1S/C14H22N2OS/c1-9(2)7-8-16-13(15-11(4)14(16)17)12-6-5-10(3)18-12/h5-6,9,11,13,15H,7-8H2,1-4H3. The van der Waals surface area contributed by atoms with Gasteiger partial charge in [-0.15, -0.1) is 11.3 Å². The zero-order valence-corrected chi connectivity index (χ0v) is 12.4. The molecule has 2 rings (SSSR count). The fourth-order valence-electron chi connectivity index (χ4n) is 2.25. The van der Waals surface area contributed by atoms with E-state index in [9.17, 15) is 4.79 Å². The molecule has 1 aliphatic rings. The van der Waals surface area contributed by atoms with E-state index in [1.165, 1.54) is 9.75 Å². The largest absolute Gasteiger partial charge is 0.321 e. The summed E-state index contributed by atoms with van der Waals surface area (Å²) in [6, 6.07) is 4.19. The van der Waals surface area contributed by atoms with Crippen LogP contribution in [-0.2, 0) is 4.79 Å². The first-order valence-electron chi connectivity index (χ1n) is 6.62. The lowest BCUT2D eigenvalue weighted by Crippen LogP contribution is -2.31. The average molecular weight is 266 g/mol. The second kappa shape index (κ2) is 5.41. The van der Waals surface area contributed by atoms with Crippen LogP contribution in [0.25, 0.3) is 0 Å². The van der Waals surface area contributed by atoms with Crippen LogP contribution in [0.5, 0.6) is 0 Å². The number of carbonyl (C=O) groups excluding carboxylic acids is 1. The van der Waals surface area contributed by atoms with Gasteiger partial charge in [-0.2, -0.15) is 0 Å². The van der Waals surface area contributed by atoms with E-state index in [2.05, 4.69) is 38.2 Å². The number of hydrogen-bond donors (Lipinski definition) is 1. The van der Waals surface area contributed by atoms with Gasteiger partial charge in [-0.25, -0.2) is 0 Å². The van der Waals surface area contributed by atoms with Gasteiger partial charge in [0.15, 0.2) is 0 Å². The maximum absolute atomic E-state index is 12.2. The summed E-state index contributed by atoms with van der Waals surface area (Å²) in [6.07, 6.45) is 1.13.